The Kier molecular flexibility index (Phi) is 4.32. The van der Waals surface area contributed by atoms with Crippen molar-refractivity contribution in [1.82, 2.24) is 0 Å². The van der Waals surface area contributed by atoms with Gasteiger partial charge in [0, 0.05) is 0 Å². The van der Waals surface area contributed by atoms with Crippen molar-refractivity contribution in [2.75, 3.05) is 13.6 Å². The maximum absolute atomic E-state index is 9.70. The van der Waals surface area contributed by atoms with Gasteiger partial charge >= 0.3 is 0 Å². The first-order chi connectivity index (χ1) is 11.2. The molecule has 0 radical (unpaired) electrons. The van der Waals surface area contributed by atoms with Crippen molar-refractivity contribution in [1.29, 1.82) is 5.26 Å². The molecule has 2 aromatic rings. The molecule has 1 aliphatic heterocycles. The van der Waals surface area contributed by atoms with Crippen LogP contribution in [0.2, 0.25) is 0 Å². The van der Waals surface area contributed by atoms with Crippen LogP contribution >= 0.6 is 0 Å². The molecule has 0 unspecified atom stereocenters. The van der Waals surface area contributed by atoms with Crippen molar-refractivity contribution < 1.29 is 4.48 Å². The minimum Gasteiger partial charge on any atom is -0.305 e. The number of likely N-dealkylation sites (N-methyl/N-ethyl adjacent to an activating group) is 1. The fourth-order valence-corrected chi connectivity index (χ4v) is 3.76. The van der Waals surface area contributed by atoms with E-state index in [-0.39, 0.29) is 6.04 Å². The summed E-state index contributed by atoms with van der Waals surface area (Å²) in [5.41, 5.74) is 2.49. The molecule has 0 aliphatic carbocycles. The molecular weight excluding hydrogens is 280 g/mol. The lowest BCUT2D eigenvalue weighted by Crippen LogP contribution is -2.72. The van der Waals surface area contributed by atoms with Crippen molar-refractivity contribution in [3.05, 3.63) is 77.9 Å². The zero-order chi connectivity index (χ0) is 16.3. The summed E-state index contributed by atoms with van der Waals surface area (Å²) in [4.78, 5) is 0. The van der Waals surface area contributed by atoms with Crippen LogP contribution in [-0.4, -0.2) is 30.2 Å². The quantitative estimate of drug-likeness (QED) is 0.776. The number of hydrogen-bond donors (Lipinski definition) is 0. The molecule has 2 nitrogen and oxygen atoms in total. The number of rotatable bonds is 4. The third-order valence-corrected chi connectivity index (χ3v) is 5.35. The Labute approximate surface area is 138 Å². The smallest absolute Gasteiger partial charge is 0.189 e. The van der Waals surface area contributed by atoms with Gasteiger partial charge in [-0.3, -0.25) is 0 Å². The van der Waals surface area contributed by atoms with Crippen molar-refractivity contribution in [2.45, 2.75) is 24.9 Å². The maximum Gasteiger partial charge on any atom is 0.189 e. The largest absolute Gasteiger partial charge is 0.305 e. The Morgan fingerprint density at radius 3 is 2.26 bits per heavy atom. The molecule has 23 heavy (non-hydrogen) atoms. The Bertz CT molecular complexity index is 715. The van der Waals surface area contributed by atoms with Gasteiger partial charge in [-0.15, -0.1) is 0 Å². The molecule has 0 saturated carbocycles. The van der Waals surface area contributed by atoms with E-state index in [1.807, 2.05) is 24.3 Å². The lowest BCUT2D eigenvalue weighted by Gasteiger charge is -2.57. The summed E-state index contributed by atoms with van der Waals surface area (Å²) in [6.07, 6.45) is 4.36. The highest BCUT2D eigenvalue weighted by Crippen LogP contribution is 2.45. The number of hydrogen-bond acceptors (Lipinski definition) is 1. The van der Waals surface area contributed by atoms with Crippen LogP contribution in [0.3, 0.4) is 0 Å². The molecule has 0 spiro atoms. The molecule has 0 N–H and O–H groups in total. The Morgan fingerprint density at radius 2 is 1.65 bits per heavy atom. The van der Waals surface area contributed by atoms with Gasteiger partial charge in [-0.1, -0.05) is 66.7 Å². The Hall–Kier alpha value is -2.37. The first kappa shape index (κ1) is 15.5. The van der Waals surface area contributed by atoms with E-state index < -0.39 is 0 Å². The van der Waals surface area contributed by atoms with Crippen LogP contribution in [0, 0.1) is 11.3 Å². The van der Waals surface area contributed by atoms with Gasteiger partial charge < -0.3 is 4.48 Å². The Balaban J connectivity index is 1.74. The van der Waals surface area contributed by atoms with Crippen LogP contribution in [0.5, 0.6) is 0 Å². The SMILES string of the molecule is C[C@H]1[C@H](c2ccccc2)[C@@H](C#N)[N@+]1(C)C/C=C/c1ccccc1. The minimum atomic E-state index is 0.0211. The molecule has 1 saturated heterocycles. The van der Waals surface area contributed by atoms with Crippen molar-refractivity contribution >= 4 is 6.08 Å². The fourth-order valence-electron chi connectivity index (χ4n) is 3.76. The van der Waals surface area contributed by atoms with Gasteiger partial charge in [-0.25, -0.2) is 0 Å². The van der Waals surface area contributed by atoms with Crippen LogP contribution in [-0.2, 0) is 0 Å². The van der Waals surface area contributed by atoms with Gasteiger partial charge in [0.1, 0.15) is 18.0 Å². The third kappa shape index (κ3) is 2.81. The number of quaternary nitrogens is 1. The third-order valence-electron chi connectivity index (χ3n) is 5.35. The molecule has 116 valence electrons. The molecule has 3 rings (SSSR count). The lowest BCUT2D eigenvalue weighted by molar-refractivity contribution is -0.987. The second-order valence-electron chi connectivity index (χ2n) is 6.59. The average molecular weight is 303 g/mol. The van der Waals surface area contributed by atoms with Crippen LogP contribution in [0.15, 0.2) is 66.7 Å². The number of nitriles is 1. The molecule has 1 fully saturated rings. The van der Waals surface area contributed by atoms with Crippen LogP contribution in [0.1, 0.15) is 24.0 Å². The van der Waals surface area contributed by atoms with Crippen molar-refractivity contribution in [3.8, 4) is 6.07 Å². The average Bonchev–Trinajstić information content (AvgIpc) is 2.60. The van der Waals surface area contributed by atoms with Crippen molar-refractivity contribution in [2.24, 2.45) is 0 Å². The van der Waals surface area contributed by atoms with E-state index in [9.17, 15) is 5.26 Å². The summed E-state index contributed by atoms with van der Waals surface area (Å²) in [7, 11) is 2.20. The van der Waals surface area contributed by atoms with E-state index in [4.69, 9.17) is 0 Å². The summed E-state index contributed by atoms with van der Waals surface area (Å²) >= 11 is 0. The van der Waals surface area contributed by atoms with Gasteiger partial charge in [0.2, 0.25) is 0 Å². The summed E-state index contributed by atoms with van der Waals surface area (Å²) < 4.78 is 0.791. The van der Waals surface area contributed by atoms with E-state index in [1.54, 1.807) is 0 Å². The standard InChI is InChI=1S/C21H23N2/c1-17-21(19-13-7-4-8-14-19)20(16-22)23(17,2)15-9-12-18-10-5-3-6-11-18/h3-14,17,20-21H,15H2,1-2H3/q+1/b12-9+/t17-,20+,21+,23+/m0/s1. The highest BCUT2D eigenvalue weighted by atomic mass is 15.4. The van der Waals surface area contributed by atoms with E-state index in [0.29, 0.717) is 12.0 Å². The summed E-state index contributed by atoms with van der Waals surface area (Å²) in [6, 6.07) is 23.8. The monoisotopic (exact) mass is 303 g/mol. The van der Waals surface area contributed by atoms with Gasteiger partial charge in [0.05, 0.1) is 13.6 Å². The van der Waals surface area contributed by atoms with Gasteiger partial charge in [-0.05, 0) is 24.1 Å². The molecule has 0 aromatic heterocycles. The van der Waals surface area contributed by atoms with E-state index in [1.165, 1.54) is 11.1 Å². The molecule has 0 bridgehead atoms. The first-order valence-corrected chi connectivity index (χ1v) is 8.18. The summed E-state index contributed by atoms with van der Waals surface area (Å²) in [5, 5.41) is 9.70. The van der Waals surface area contributed by atoms with E-state index in [0.717, 1.165) is 11.0 Å². The van der Waals surface area contributed by atoms with Crippen LogP contribution in [0.25, 0.3) is 6.08 Å². The van der Waals surface area contributed by atoms with Crippen LogP contribution in [0.4, 0.5) is 0 Å². The topological polar surface area (TPSA) is 23.8 Å². The summed E-state index contributed by atoms with van der Waals surface area (Å²) in [6.45, 7) is 3.15. The molecular formula is C21H23N2+. The molecule has 2 aromatic carbocycles. The number of nitrogens with zero attached hydrogens (tertiary/aromatic N) is 2. The zero-order valence-electron chi connectivity index (χ0n) is 13.8. The fraction of sp³-hybridized carbons (Fsp3) is 0.286. The predicted octanol–water partition coefficient (Wildman–Crippen LogP) is 4.22. The zero-order valence-corrected chi connectivity index (χ0v) is 13.8. The first-order valence-electron chi connectivity index (χ1n) is 8.18. The van der Waals surface area contributed by atoms with Crippen LogP contribution < -0.4 is 0 Å². The number of likely N-dealkylation sites (tertiary alicyclic amines) is 1. The minimum absolute atomic E-state index is 0.0211. The summed E-state index contributed by atoms with van der Waals surface area (Å²) in [5.74, 6) is 0.330. The van der Waals surface area contributed by atoms with Gasteiger partial charge in [0.15, 0.2) is 6.04 Å². The highest BCUT2D eigenvalue weighted by molar-refractivity contribution is 5.48. The molecule has 1 heterocycles. The van der Waals surface area contributed by atoms with E-state index >= 15 is 0 Å². The molecule has 0 amide bonds. The van der Waals surface area contributed by atoms with E-state index in [2.05, 4.69) is 68.6 Å². The Morgan fingerprint density at radius 1 is 1.04 bits per heavy atom. The maximum atomic E-state index is 9.70. The highest BCUT2D eigenvalue weighted by Gasteiger charge is 2.58. The predicted molar refractivity (Wildman–Crippen MR) is 94.6 cm³/mol. The van der Waals surface area contributed by atoms with Gasteiger partial charge in [0.25, 0.3) is 0 Å². The lowest BCUT2D eigenvalue weighted by atomic mass is 9.73. The molecule has 1 aliphatic rings. The second kappa shape index (κ2) is 6.40. The molecule has 4 atom stereocenters. The molecule has 2 heteroatoms. The second-order valence-corrected chi connectivity index (χ2v) is 6.59. The van der Waals surface area contributed by atoms with Crippen molar-refractivity contribution in [3.63, 3.8) is 0 Å². The normalized spacial score (nSPS) is 29.9. The number of benzene rings is 2. The van der Waals surface area contributed by atoms with Gasteiger partial charge in [-0.2, -0.15) is 5.26 Å².